The van der Waals surface area contributed by atoms with E-state index in [-0.39, 0.29) is 6.04 Å². The number of hydrogen-bond acceptors (Lipinski definition) is 2. The first-order valence-corrected chi connectivity index (χ1v) is 6.61. The van der Waals surface area contributed by atoms with Crippen molar-refractivity contribution in [2.24, 2.45) is 0 Å². The van der Waals surface area contributed by atoms with Crippen LogP contribution in [0.2, 0.25) is 0 Å². The molecule has 0 aromatic heterocycles. The van der Waals surface area contributed by atoms with Crippen LogP contribution < -0.4 is 4.72 Å². The van der Waals surface area contributed by atoms with E-state index in [9.17, 15) is 4.21 Å². The maximum atomic E-state index is 10.9. The summed E-state index contributed by atoms with van der Waals surface area (Å²) in [5.41, 5.74) is 0. The van der Waals surface area contributed by atoms with Crippen LogP contribution in [0.3, 0.4) is 0 Å². The lowest BCUT2D eigenvalue weighted by Crippen LogP contribution is -2.28. The van der Waals surface area contributed by atoms with Crippen LogP contribution in [0.5, 0.6) is 0 Å². The summed E-state index contributed by atoms with van der Waals surface area (Å²) in [5.74, 6) is 0. The molecule has 1 aliphatic rings. The Balaban J connectivity index is 2.53. The van der Waals surface area contributed by atoms with E-state index in [4.69, 9.17) is 0 Å². The van der Waals surface area contributed by atoms with Crippen molar-refractivity contribution in [2.75, 3.05) is 6.26 Å². The van der Waals surface area contributed by atoms with E-state index in [0.29, 0.717) is 0 Å². The fourth-order valence-corrected chi connectivity index (χ4v) is 2.85. The first kappa shape index (κ1) is 11.0. The Hall–Kier alpha value is -0.0600. The van der Waals surface area contributed by atoms with Crippen LogP contribution in [0, 0.1) is 0 Å². The standard InChI is InChI=1S/C9H15NOS2/c1-7-5-4-6-9(12-7)8(2)10-13(3)11/h5-6,8,10H,4H2,1-3H3/t8-,13-/m1/s1. The van der Waals surface area contributed by atoms with Gasteiger partial charge < -0.3 is 0 Å². The molecule has 0 amide bonds. The second-order valence-corrected chi connectivity index (χ2v) is 5.52. The molecule has 0 aliphatic carbocycles. The lowest BCUT2D eigenvalue weighted by molar-refractivity contribution is 0.668. The highest BCUT2D eigenvalue weighted by Crippen LogP contribution is 2.31. The Morgan fingerprint density at radius 2 is 2.31 bits per heavy atom. The predicted molar refractivity (Wildman–Crippen MR) is 60.7 cm³/mol. The molecular weight excluding hydrogens is 202 g/mol. The summed E-state index contributed by atoms with van der Waals surface area (Å²) >= 11 is 1.76. The fourth-order valence-electron chi connectivity index (χ4n) is 1.18. The van der Waals surface area contributed by atoms with E-state index >= 15 is 0 Å². The average Bonchev–Trinajstić information content (AvgIpc) is 2.03. The van der Waals surface area contributed by atoms with Gasteiger partial charge in [0.25, 0.3) is 0 Å². The molecule has 0 bridgehead atoms. The number of rotatable bonds is 3. The molecule has 0 spiro atoms. The minimum atomic E-state index is -0.932. The lowest BCUT2D eigenvalue weighted by Gasteiger charge is -2.18. The highest BCUT2D eigenvalue weighted by molar-refractivity contribution is 8.06. The van der Waals surface area contributed by atoms with Crippen LogP contribution in [0.15, 0.2) is 22.0 Å². The monoisotopic (exact) mass is 217 g/mol. The highest BCUT2D eigenvalue weighted by atomic mass is 32.2. The van der Waals surface area contributed by atoms with Crippen molar-refractivity contribution in [3.05, 3.63) is 22.0 Å². The van der Waals surface area contributed by atoms with Crippen molar-refractivity contribution in [2.45, 2.75) is 26.3 Å². The van der Waals surface area contributed by atoms with Crippen molar-refractivity contribution in [1.29, 1.82) is 0 Å². The Kier molecular flexibility index (Phi) is 4.22. The van der Waals surface area contributed by atoms with Crippen LogP contribution in [0.25, 0.3) is 0 Å². The summed E-state index contributed by atoms with van der Waals surface area (Å²) in [6, 6.07) is 0.194. The Morgan fingerprint density at radius 3 is 2.85 bits per heavy atom. The van der Waals surface area contributed by atoms with Gasteiger partial charge in [0.2, 0.25) is 0 Å². The quantitative estimate of drug-likeness (QED) is 0.785. The summed E-state index contributed by atoms with van der Waals surface area (Å²) < 4.78 is 13.9. The van der Waals surface area contributed by atoms with E-state index in [2.05, 4.69) is 23.8 Å². The largest absolute Gasteiger partial charge is 0.243 e. The number of allylic oxidation sites excluding steroid dienone is 3. The molecule has 4 heteroatoms. The van der Waals surface area contributed by atoms with E-state index in [0.717, 1.165) is 6.42 Å². The Bertz CT molecular complexity index is 271. The topological polar surface area (TPSA) is 29.1 Å². The molecule has 1 N–H and O–H groups in total. The smallest absolute Gasteiger partial charge is 0.0889 e. The van der Waals surface area contributed by atoms with Gasteiger partial charge in [-0.05, 0) is 25.2 Å². The van der Waals surface area contributed by atoms with Crippen LogP contribution in [0.4, 0.5) is 0 Å². The first-order chi connectivity index (χ1) is 6.09. The zero-order chi connectivity index (χ0) is 9.84. The molecule has 0 saturated carbocycles. The van der Waals surface area contributed by atoms with Gasteiger partial charge in [0.1, 0.15) is 0 Å². The van der Waals surface area contributed by atoms with E-state index < -0.39 is 11.0 Å². The molecule has 1 rings (SSSR count). The number of hydrogen-bond donors (Lipinski definition) is 1. The maximum Gasteiger partial charge on any atom is 0.0889 e. The van der Waals surface area contributed by atoms with Crippen molar-refractivity contribution in [3.8, 4) is 0 Å². The molecule has 0 aromatic rings. The predicted octanol–water partition coefficient (Wildman–Crippen LogP) is 2.18. The average molecular weight is 217 g/mol. The second-order valence-electron chi connectivity index (χ2n) is 3.05. The third kappa shape index (κ3) is 3.67. The molecule has 2 nitrogen and oxygen atoms in total. The Labute approximate surface area is 86.5 Å². The summed E-state index contributed by atoms with van der Waals surface area (Å²) in [7, 11) is -0.932. The summed E-state index contributed by atoms with van der Waals surface area (Å²) in [5, 5.41) is 0. The van der Waals surface area contributed by atoms with Gasteiger partial charge >= 0.3 is 0 Å². The van der Waals surface area contributed by atoms with Crippen LogP contribution in [-0.4, -0.2) is 16.5 Å². The summed E-state index contributed by atoms with van der Waals surface area (Å²) in [4.78, 5) is 2.60. The van der Waals surface area contributed by atoms with E-state index in [1.807, 2.05) is 6.92 Å². The van der Waals surface area contributed by atoms with Gasteiger partial charge in [-0.15, -0.1) is 0 Å². The van der Waals surface area contributed by atoms with E-state index in [1.54, 1.807) is 18.0 Å². The van der Waals surface area contributed by atoms with Crippen LogP contribution in [0.1, 0.15) is 20.3 Å². The zero-order valence-electron chi connectivity index (χ0n) is 8.16. The maximum absolute atomic E-state index is 10.9. The van der Waals surface area contributed by atoms with Gasteiger partial charge in [0.05, 0.1) is 11.0 Å². The fraction of sp³-hybridized carbons (Fsp3) is 0.556. The highest BCUT2D eigenvalue weighted by Gasteiger charge is 2.12. The van der Waals surface area contributed by atoms with Gasteiger partial charge in [0, 0.05) is 17.2 Å². The Morgan fingerprint density at radius 1 is 1.62 bits per heavy atom. The lowest BCUT2D eigenvalue weighted by atomic mass is 10.2. The van der Waals surface area contributed by atoms with Gasteiger partial charge in [-0.25, -0.2) is 8.93 Å². The number of nitrogens with one attached hydrogen (secondary N) is 1. The summed E-state index contributed by atoms with van der Waals surface area (Å²) in [6.45, 7) is 4.14. The normalized spacial score (nSPS) is 21.8. The molecule has 13 heavy (non-hydrogen) atoms. The molecule has 2 atom stereocenters. The molecule has 0 fully saturated rings. The SMILES string of the molecule is CC1=CCC=C([C@@H](C)N[S@@](C)=O)S1. The minimum absolute atomic E-state index is 0.194. The van der Waals surface area contributed by atoms with Crippen molar-refractivity contribution < 1.29 is 4.21 Å². The second kappa shape index (κ2) is 4.98. The molecule has 0 saturated heterocycles. The summed E-state index contributed by atoms with van der Waals surface area (Å²) in [6.07, 6.45) is 7.04. The van der Waals surface area contributed by atoms with Gasteiger partial charge in [0.15, 0.2) is 0 Å². The molecule has 0 radical (unpaired) electrons. The molecule has 74 valence electrons. The molecule has 1 heterocycles. The van der Waals surface area contributed by atoms with Crippen LogP contribution >= 0.6 is 11.8 Å². The van der Waals surface area contributed by atoms with Crippen LogP contribution in [-0.2, 0) is 11.0 Å². The molecular formula is C9H15NOS2. The molecule has 0 aromatic carbocycles. The third-order valence-corrected chi connectivity index (χ3v) is 3.70. The van der Waals surface area contributed by atoms with E-state index in [1.165, 1.54) is 9.81 Å². The van der Waals surface area contributed by atoms with Gasteiger partial charge in [-0.3, -0.25) is 0 Å². The zero-order valence-corrected chi connectivity index (χ0v) is 9.80. The first-order valence-electron chi connectivity index (χ1n) is 4.24. The molecule has 1 aliphatic heterocycles. The minimum Gasteiger partial charge on any atom is -0.243 e. The van der Waals surface area contributed by atoms with Crippen molar-refractivity contribution in [1.82, 2.24) is 4.72 Å². The van der Waals surface area contributed by atoms with Gasteiger partial charge in [-0.1, -0.05) is 23.9 Å². The van der Waals surface area contributed by atoms with Crippen molar-refractivity contribution >= 4 is 22.7 Å². The number of thioether (sulfide) groups is 1. The van der Waals surface area contributed by atoms with Crippen molar-refractivity contribution in [3.63, 3.8) is 0 Å². The third-order valence-electron chi connectivity index (χ3n) is 1.77. The van der Waals surface area contributed by atoms with Gasteiger partial charge in [-0.2, -0.15) is 0 Å². The molecule has 0 unspecified atom stereocenters.